The molecule has 0 radical (unpaired) electrons. The maximum atomic E-state index is 12.6. The van der Waals surface area contributed by atoms with E-state index in [0.717, 1.165) is 11.3 Å². The van der Waals surface area contributed by atoms with E-state index in [9.17, 15) is 19.3 Å². The van der Waals surface area contributed by atoms with Gasteiger partial charge in [-0.3, -0.25) is 0 Å². The van der Waals surface area contributed by atoms with Gasteiger partial charge in [-0.05, 0) is 0 Å². The third kappa shape index (κ3) is 6.90. The summed E-state index contributed by atoms with van der Waals surface area (Å²) in [6.07, 6.45) is -1.11. The van der Waals surface area contributed by atoms with E-state index < -0.39 is 44.3 Å². The van der Waals surface area contributed by atoms with Gasteiger partial charge in [0.2, 0.25) is 0 Å². The first kappa shape index (κ1) is 26.6. The molecule has 0 unspecified atom stereocenters. The molecule has 0 aliphatic carbocycles. The summed E-state index contributed by atoms with van der Waals surface area (Å²) in [4.78, 5) is 51.4. The van der Waals surface area contributed by atoms with Gasteiger partial charge < -0.3 is 0 Å². The van der Waals surface area contributed by atoms with E-state index in [4.69, 9.17) is 18.3 Å². The predicted molar refractivity (Wildman–Crippen MR) is 117 cm³/mol. The van der Waals surface area contributed by atoms with Crippen LogP contribution in [0.25, 0.3) is 0 Å². The van der Waals surface area contributed by atoms with E-state index in [2.05, 4.69) is 15.0 Å². The molecule has 1 saturated heterocycles. The molecular formula is C19H31N2O9PS. The summed E-state index contributed by atoms with van der Waals surface area (Å²) in [6, 6.07) is 0. The number of hydrogen-bond donors (Lipinski definition) is 2. The molecule has 32 heavy (non-hydrogen) atoms. The summed E-state index contributed by atoms with van der Waals surface area (Å²) in [6.45, 7) is 8.62. The number of nitrogens with one attached hydrogen (secondary N) is 1. The fraction of sp³-hybridized carbons (Fsp3) is 0.684. The predicted octanol–water partition coefficient (Wildman–Crippen LogP) is 2.09. The van der Waals surface area contributed by atoms with E-state index in [1.807, 2.05) is 20.8 Å². The number of carbonyl (C=O) groups is 3. The first-order chi connectivity index (χ1) is 14.8. The molecule has 2 heterocycles. The molecule has 1 fully saturated rings. The first-order valence-corrected chi connectivity index (χ1v) is 12.5. The number of aromatic nitrogens is 1. The Balaban J connectivity index is 1.94. The van der Waals surface area contributed by atoms with Gasteiger partial charge in [0.1, 0.15) is 0 Å². The Morgan fingerprint density at radius 3 is 2.69 bits per heavy atom. The van der Waals surface area contributed by atoms with Crippen molar-refractivity contribution in [1.82, 2.24) is 10.3 Å². The number of nitrogens with zero attached hydrogens (tertiary/aromatic N) is 1. The summed E-state index contributed by atoms with van der Waals surface area (Å²) < 4.78 is 25.8. The first-order valence-electron chi connectivity index (χ1n) is 9.93. The van der Waals surface area contributed by atoms with Crippen molar-refractivity contribution in [1.29, 1.82) is 0 Å². The van der Waals surface area contributed by atoms with Crippen molar-refractivity contribution in [2.45, 2.75) is 52.6 Å². The number of hydrogen-bond acceptors (Lipinski definition) is 11. The van der Waals surface area contributed by atoms with Crippen molar-refractivity contribution in [2.24, 2.45) is 5.41 Å². The number of amides is 1. The average Bonchev–Trinajstić information content (AvgIpc) is 3.20. The van der Waals surface area contributed by atoms with Crippen molar-refractivity contribution in [3.63, 3.8) is 0 Å². The number of thiazole rings is 1. The molecule has 11 nitrogen and oxygen atoms in total. The van der Waals surface area contributed by atoms with Crippen LogP contribution < -0.4 is 5.32 Å². The molecule has 1 aromatic heterocycles. The zero-order valence-electron chi connectivity index (χ0n) is 19.1. The van der Waals surface area contributed by atoms with Gasteiger partial charge in [-0.1, -0.05) is 0 Å². The molecule has 0 spiro atoms. The van der Waals surface area contributed by atoms with Crippen LogP contribution in [0, 0.1) is 5.41 Å². The second kappa shape index (κ2) is 10.5. The minimum atomic E-state index is -4.26. The number of carbonyl (C=O) groups excluding carboxylic acids is 3. The second-order valence-corrected chi connectivity index (χ2v) is 11.6. The molecule has 2 rings (SSSR count). The van der Waals surface area contributed by atoms with Crippen molar-refractivity contribution in [3.05, 3.63) is 16.1 Å². The van der Waals surface area contributed by atoms with Gasteiger partial charge in [0.15, 0.2) is 0 Å². The van der Waals surface area contributed by atoms with E-state index in [-0.39, 0.29) is 25.0 Å². The standard InChI is InChI=1S/C19H31N2O9PS/c1-18(2,3)14-13(32-10-21-14)17(24)27-11-29-31(25)28-9-19(4,5)15(30-31)16(23)20-8-7-12(22)26-6/h10,15,25,31H,7-9,11H2,1-6H3,(H,20,23)/t15-/m0/s1. The van der Waals surface area contributed by atoms with Gasteiger partial charge in [-0.15, -0.1) is 0 Å². The van der Waals surface area contributed by atoms with E-state index in [1.165, 1.54) is 7.11 Å². The van der Waals surface area contributed by atoms with Crippen LogP contribution in [0.2, 0.25) is 0 Å². The average molecular weight is 495 g/mol. The van der Waals surface area contributed by atoms with E-state index in [0.29, 0.717) is 10.6 Å². The summed E-state index contributed by atoms with van der Waals surface area (Å²) in [7, 11) is -3.01. The van der Waals surface area contributed by atoms with Crippen molar-refractivity contribution in [3.8, 4) is 0 Å². The molecule has 1 aromatic rings. The number of methoxy groups -OCH3 is 1. The Bertz CT molecular complexity index is 839. The third-order valence-corrected chi connectivity index (χ3v) is 6.92. The van der Waals surface area contributed by atoms with Crippen LogP contribution >= 0.6 is 19.5 Å². The van der Waals surface area contributed by atoms with Gasteiger partial charge in [-0.2, -0.15) is 0 Å². The van der Waals surface area contributed by atoms with Crippen LogP contribution in [0.3, 0.4) is 0 Å². The molecule has 1 atom stereocenters. The normalized spacial score (nSPS) is 20.8. The molecule has 0 bridgehead atoms. The number of rotatable bonds is 8. The van der Waals surface area contributed by atoms with Crippen LogP contribution in [-0.4, -0.2) is 60.9 Å². The monoisotopic (exact) mass is 494 g/mol. The quantitative estimate of drug-likeness (QED) is 0.313. The van der Waals surface area contributed by atoms with Gasteiger partial charge >= 0.3 is 191 Å². The van der Waals surface area contributed by atoms with Crippen LogP contribution in [0.5, 0.6) is 0 Å². The summed E-state index contributed by atoms with van der Waals surface area (Å²) in [5.74, 6) is -1.65. The van der Waals surface area contributed by atoms with Crippen LogP contribution in [0.4, 0.5) is 0 Å². The fourth-order valence-electron chi connectivity index (χ4n) is 2.81. The number of esters is 2. The Kier molecular flexibility index (Phi) is 8.71. The Labute approximate surface area is 191 Å². The minimum absolute atomic E-state index is 0.00579. The fourth-order valence-corrected chi connectivity index (χ4v) is 5.41. The van der Waals surface area contributed by atoms with Gasteiger partial charge in [0, 0.05) is 0 Å². The van der Waals surface area contributed by atoms with Gasteiger partial charge in [0.25, 0.3) is 0 Å². The van der Waals surface area contributed by atoms with Crippen LogP contribution in [-0.2, 0) is 38.0 Å². The van der Waals surface area contributed by atoms with Crippen LogP contribution in [0.15, 0.2) is 5.51 Å². The molecule has 13 heteroatoms. The van der Waals surface area contributed by atoms with Crippen molar-refractivity contribution < 1.29 is 42.3 Å². The topological polar surface area (TPSA) is 143 Å². The molecule has 1 aliphatic heterocycles. The molecule has 0 aromatic carbocycles. The summed E-state index contributed by atoms with van der Waals surface area (Å²) in [5, 5.41) is 2.57. The summed E-state index contributed by atoms with van der Waals surface area (Å²) in [5.41, 5.74) is 1.02. The molecule has 182 valence electrons. The molecule has 1 aliphatic rings. The Morgan fingerprint density at radius 2 is 2.06 bits per heavy atom. The Morgan fingerprint density at radius 1 is 1.38 bits per heavy atom. The molecule has 0 saturated carbocycles. The Hall–Kier alpha value is -1.69. The van der Waals surface area contributed by atoms with Gasteiger partial charge in [0.05, 0.1) is 0 Å². The SMILES string of the molecule is COC(=O)CCNC(=O)[C@@H]1O[PH](O)(OCOC(=O)c2scnc2C(C)(C)C)OCC1(C)C. The summed E-state index contributed by atoms with van der Waals surface area (Å²) >= 11 is 1.14. The van der Waals surface area contributed by atoms with Crippen molar-refractivity contribution in [2.75, 3.05) is 27.1 Å². The van der Waals surface area contributed by atoms with Gasteiger partial charge in [-0.25, -0.2) is 0 Å². The zero-order valence-corrected chi connectivity index (χ0v) is 20.9. The maximum absolute atomic E-state index is 12.6. The third-order valence-electron chi connectivity index (χ3n) is 4.59. The van der Waals surface area contributed by atoms with Crippen molar-refractivity contribution >= 4 is 37.4 Å². The molecule has 2 N–H and O–H groups in total. The zero-order chi connectivity index (χ0) is 24.2. The number of ether oxygens (including phenoxy) is 2. The van der Waals surface area contributed by atoms with E-state index >= 15 is 0 Å². The van der Waals surface area contributed by atoms with E-state index in [1.54, 1.807) is 19.4 Å². The molecule has 1 amide bonds. The van der Waals surface area contributed by atoms with Crippen LogP contribution in [0.1, 0.15) is 56.4 Å². The second-order valence-electron chi connectivity index (χ2n) is 8.89. The molecular weight excluding hydrogens is 463 g/mol.